The minimum absolute atomic E-state index is 0.0145. The largest absolute Gasteiger partial charge is 0.497 e. The molecule has 2 aromatic carbocycles. The Labute approximate surface area is 136 Å². The summed E-state index contributed by atoms with van der Waals surface area (Å²) in [6.07, 6.45) is -0.0815. The number of hydrogen-bond donors (Lipinski definition) is 0. The number of rotatable bonds is 3. The molecule has 0 spiro atoms. The van der Waals surface area contributed by atoms with Gasteiger partial charge in [-0.05, 0) is 30.7 Å². The van der Waals surface area contributed by atoms with Crippen LogP contribution in [0.25, 0.3) is 0 Å². The van der Waals surface area contributed by atoms with E-state index in [9.17, 15) is 4.79 Å². The molecule has 120 valence electrons. The number of benzene rings is 2. The monoisotopic (exact) mass is 311 g/mol. The first-order chi connectivity index (χ1) is 11.2. The first-order valence-corrected chi connectivity index (χ1v) is 7.80. The van der Waals surface area contributed by atoms with Gasteiger partial charge in [0.1, 0.15) is 11.9 Å². The Kier molecular flexibility index (Phi) is 4.63. The van der Waals surface area contributed by atoms with Crippen molar-refractivity contribution in [2.24, 2.45) is 0 Å². The Bertz CT molecular complexity index is 671. The molecule has 1 aliphatic heterocycles. The molecule has 1 amide bonds. The van der Waals surface area contributed by atoms with Gasteiger partial charge in [-0.2, -0.15) is 0 Å². The van der Waals surface area contributed by atoms with Gasteiger partial charge in [0.15, 0.2) is 0 Å². The first-order valence-electron chi connectivity index (χ1n) is 7.80. The van der Waals surface area contributed by atoms with E-state index in [1.54, 1.807) is 13.2 Å². The summed E-state index contributed by atoms with van der Waals surface area (Å²) >= 11 is 0. The van der Waals surface area contributed by atoms with E-state index in [1.165, 1.54) is 0 Å². The minimum Gasteiger partial charge on any atom is -0.497 e. The lowest BCUT2D eigenvalue weighted by molar-refractivity contribution is -0.0486. The SMILES string of the molecule is COc1cccc(C(=O)N2CC(c3ccccc3)OCC2C)c1. The van der Waals surface area contributed by atoms with Gasteiger partial charge in [-0.25, -0.2) is 0 Å². The second kappa shape index (κ2) is 6.84. The highest BCUT2D eigenvalue weighted by Crippen LogP contribution is 2.26. The van der Waals surface area contributed by atoms with Gasteiger partial charge in [-0.15, -0.1) is 0 Å². The maximum absolute atomic E-state index is 12.9. The predicted molar refractivity (Wildman–Crippen MR) is 88.6 cm³/mol. The van der Waals surface area contributed by atoms with Crippen LogP contribution in [0, 0.1) is 0 Å². The molecule has 0 saturated carbocycles. The smallest absolute Gasteiger partial charge is 0.254 e. The van der Waals surface area contributed by atoms with Crippen LogP contribution in [-0.2, 0) is 4.74 Å². The molecule has 1 saturated heterocycles. The summed E-state index contributed by atoms with van der Waals surface area (Å²) in [6.45, 7) is 3.11. The minimum atomic E-state index is -0.0815. The number of hydrogen-bond acceptors (Lipinski definition) is 3. The Morgan fingerprint density at radius 2 is 1.96 bits per heavy atom. The predicted octanol–water partition coefficient (Wildman–Crippen LogP) is 3.30. The van der Waals surface area contributed by atoms with Gasteiger partial charge in [0, 0.05) is 5.56 Å². The van der Waals surface area contributed by atoms with E-state index in [-0.39, 0.29) is 18.1 Å². The van der Waals surface area contributed by atoms with Crippen LogP contribution in [0.3, 0.4) is 0 Å². The number of carbonyl (C=O) groups excluding carboxylic acids is 1. The van der Waals surface area contributed by atoms with E-state index >= 15 is 0 Å². The normalized spacial score (nSPS) is 21.0. The second-order valence-electron chi connectivity index (χ2n) is 5.77. The summed E-state index contributed by atoms with van der Waals surface area (Å²) in [5, 5.41) is 0. The van der Waals surface area contributed by atoms with Gasteiger partial charge in [-0.1, -0.05) is 36.4 Å². The van der Waals surface area contributed by atoms with Crippen LogP contribution in [-0.4, -0.2) is 37.1 Å². The number of carbonyl (C=O) groups is 1. The number of amides is 1. The molecular formula is C19H21NO3. The fourth-order valence-electron chi connectivity index (χ4n) is 2.83. The quantitative estimate of drug-likeness (QED) is 0.873. The number of ether oxygens (including phenoxy) is 2. The highest BCUT2D eigenvalue weighted by atomic mass is 16.5. The van der Waals surface area contributed by atoms with Crippen molar-refractivity contribution in [2.45, 2.75) is 19.1 Å². The average molecular weight is 311 g/mol. The summed E-state index contributed by atoms with van der Waals surface area (Å²) in [5.41, 5.74) is 1.74. The lowest BCUT2D eigenvalue weighted by atomic mass is 10.0. The molecule has 2 unspecified atom stereocenters. The van der Waals surface area contributed by atoms with E-state index in [4.69, 9.17) is 9.47 Å². The van der Waals surface area contributed by atoms with Crippen molar-refractivity contribution in [3.8, 4) is 5.75 Å². The molecule has 2 atom stereocenters. The molecule has 4 heteroatoms. The average Bonchev–Trinajstić information content (AvgIpc) is 2.62. The van der Waals surface area contributed by atoms with Crippen LogP contribution in [0.15, 0.2) is 54.6 Å². The maximum atomic E-state index is 12.9. The Morgan fingerprint density at radius 3 is 2.70 bits per heavy atom. The van der Waals surface area contributed by atoms with Gasteiger partial charge in [0.05, 0.1) is 26.3 Å². The summed E-state index contributed by atoms with van der Waals surface area (Å²) < 4.78 is 11.1. The molecule has 23 heavy (non-hydrogen) atoms. The lowest BCUT2D eigenvalue weighted by Gasteiger charge is -2.38. The van der Waals surface area contributed by atoms with Gasteiger partial charge >= 0.3 is 0 Å². The third kappa shape index (κ3) is 3.37. The van der Waals surface area contributed by atoms with Crippen molar-refractivity contribution in [1.82, 2.24) is 4.90 Å². The van der Waals surface area contributed by atoms with Crippen molar-refractivity contribution < 1.29 is 14.3 Å². The molecule has 1 aliphatic rings. The fraction of sp³-hybridized carbons (Fsp3) is 0.316. The van der Waals surface area contributed by atoms with Crippen LogP contribution in [0.4, 0.5) is 0 Å². The van der Waals surface area contributed by atoms with Crippen LogP contribution < -0.4 is 4.74 Å². The Hall–Kier alpha value is -2.33. The molecule has 0 aliphatic carbocycles. The molecular weight excluding hydrogens is 290 g/mol. The van der Waals surface area contributed by atoms with Crippen LogP contribution in [0.2, 0.25) is 0 Å². The zero-order valence-electron chi connectivity index (χ0n) is 13.4. The summed E-state index contributed by atoms with van der Waals surface area (Å²) in [6, 6.07) is 17.4. The molecule has 0 radical (unpaired) electrons. The standard InChI is InChI=1S/C19H21NO3/c1-14-13-23-18(15-7-4-3-5-8-15)12-20(14)19(21)16-9-6-10-17(11-16)22-2/h3-11,14,18H,12-13H2,1-2H3. The van der Waals surface area contributed by atoms with Crippen molar-refractivity contribution in [3.63, 3.8) is 0 Å². The van der Waals surface area contributed by atoms with Gasteiger partial charge in [-0.3, -0.25) is 4.79 Å². The molecule has 1 fully saturated rings. The summed E-state index contributed by atoms with van der Waals surface area (Å²) in [4.78, 5) is 14.8. The van der Waals surface area contributed by atoms with E-state index in [2.05, 4.69) is 0 Å². The number of morpholine rings is 1. The second-order valence-corrected chi connectivity index (χ2v) is 5.77. The molecule has 0 bridgehead atoms. The summed E-state index contributed by atoms with van der Waals surface area (Å²) in [5.74, 6) is 0.706. The summed E-state index contributed by atoms with van der Waals surface area (Å²) in [7, 11) is 1.60. The highest BCUT2D eigenvalue weighted by molar-refractivity contribution is 5.95. The van der Waals surface area contributed by atoms with Crippen molar-refractivity contribution >= 4 is 5.91 Å². The zero-order chi connectivity index (χ0) is 16.2. The third-order valence-electron chi connectivity index (χ3n) is 4.18. The van der Waals surface area contributed by atoms with E-state index in [0.29, 0.717) is 24.5 Å². The fourth-order valence-corrected chi connectivity index (χ4v) is 2.83. The zero-order valence-corrected chi connectivity index (χ0v) is 13.4. The van der Waals surface area contributed by atoms with Crippen molar-refractivity contribution in [1.29, 1.82) is 0 Å². The van der Waals surface area contributed by atoms with E-state index in [0.717, 1.165) is 5.56 Å². The van der Waals surface area contributed by atoms with Crippen LogP contribution >= 0.6 is 0 Å². The Morgan fingerprint density at radius 1 is 1.17 bits per heavy atom. The van der Waals surface area contributed by atoms with Crippen LogP contribution in [0.5, 0.6) is 5.75 Å². The van der Waals surface area contributed by atoms with Gasteiger partial charge < -0.3 is 14.4 Å². The number of methoxy groups -OCH3 is 1. The van der Waals surface area contributed by atoms with Crippen molar-refractivity contribution in [3.05, 3.63) is 65.7 Å². The van der Waals surface area contributed by atoms with E-state index < -0.39 is 0 Å². The maximum Gasteiger partial charge on any atom is 0.254 e. The van der Waals surface area contributed by atoms with Crippen LogP contribution in [0.1, 0.15) is 28.9 Å². The number of nitrogens with zero attached hydrogens (tertiary/aromatic N) is 1. The topological polar surface area (TPSA) is 38.8 Å². The molecule has 1 heterocycles. The van der Waals surface area contributed by atoms with E-state index in [1.807, 2.05) is 60.4 Å². The van der Waals surface area contributed by atoms with Crippen molar-refractivity contribution in [2.75, 3.05) is 20.3 Å². The van der Waals surface area contributed by atoms with Gasteiger partial charge in [0.25, 0.3) is 5.91 Å². The molecule has 3 rings (SSSR count). The molecule has 0 N–H and O–H groups in total. The third-order valence-corrected chi connectivity index (χ3v) is 4.18. The molecule has 0 aromatic heterocycles. The first kappa shape index (κ1) is 15.6. The lowest BCUT2D eigenvalue weighted by Crippen LogP contribution is -2.48. The molecule has 2 aromatic rings. The Balaban J connectivity index is 1.80. The highest BCUT2D eigenvalue weighted by Gasteiger charge is 2.31. The molecule has 4 nitrogen and oxygen atoms in total. The van der Waals surface area contributed by atoms with Gasteiger partial charge in [0.2, 0.25) is 0 Å².